The Morgan fingerprint density at radius 1 is 1.12 bits per heavy atom. The van der Waals surface area contributed by atoms with Gasteiger partial charge in [0.2, 0.25) is 5.88 Å². The number of pyridine rings is 1. The van der Waals surface area contributed by atoms with Crippen LogP contribution in [0, 0.1) is 11.3 Å². The molecule has 1 aliphatic carbocycles. The number of rotatable bonds is 3. The van der Waals surface area contributed by atoms with Crippen molar-refractivity contribution in [3.05, 3.63) is 47.2 Å². The van der Waals surface area contributed by atoms with Gasteiger partial charge in [-0.3, -0.25) is 0 Å². The quantitative estimate of drug-likeness (QED) is 0.794. The summed E-state index contributed by atoms with van der Waals surface area (Å²) < 4.78 is 11.5. The van der Waals surface area contributed by atoms with Gasteiger partial charge >= 0.3 is 0 Å². The van der Waals surface area contributed by atoms with Gasteiger partial charge in [0, 0.05) is 17.7 Å². The number of aromatic nitrogens is 1. The molecule has 1 fully saturated rings. The van der Waals surface area contributed by atoms with E-state index in [0.717, 1.165) is 48.9 Å². The van der Waals surface area contributed by atoms with Crippen LogP contribution in [0.5, 0.6) is 5.88 Å². The van der Waals surface area contributed by atoms with Gasteiger partial charge in [0.1, 0.15) is 17.7 Å². The van der Waals surface area contributed by atoms with Gasteiger partial charge in [-0.1, -0.05) is 36.8 Å². The van der Waals surface area contributed by atoms with E-state index < -0.39 is 0 Å². The summed E-state index contributed by atoms with van der Waals surface area (Å²) in [6, 6.07) is 12.6. The molecule has 0 amide bonds. The van der Waals surface area contributed by atoms with Crippen LogP contribution in [0.1, 0.15) is 42.5 Å². The van der Waals surface area contributed by atoms with Gasteiger partial charge in [0.25, 0.3) is 0 Å². The molecule has 0 bridgehead atoms. The summed E-state index contributed by atoms with van der Waals surface area (Å²) in [5, 5.41) is 9.91. The lowest BCUT2D eigenvalue weighted by atomic mass is 9.92. The topological polar surface area (TPSA) is 55.1 Å². The molecule has 1 aromatic heterocycles. The summed E-state index contributed by atoms with van der Waals surface area (Å²) in [6.45, 7) is 1.29. The number of hydrogen-bond acceptors (Lipinski definition) is 4. The van der Waals surface area contributed by atoms with Crippen LogP contribution in [-0.2, 0) is 17.6 Å². The monoisotopic (exact) mass is 334 g/mol. The lowest BCUT2D eigenvalue weighted by molar-refractivity contribution is 0.137. The molecule has 25 heavy (non-hydrogen) atoms. The molecule has 4 nitrogen and oxygen atoms in total. The molecule has 2 aromatic rings. The maximum absolute atomic E-state index is 9.91. The van der Waals surface area contributed by atoms with Gasteiger partial charge in [-0.15, -0.1) is 0 Å². The van der Waals surface area contributed by atoms with Crippen molar-refractivity contribution < 1.29 is 9.47 Å². The lowest BCUT2D eigenvalue weighted by Crippen LogP contribution is -2.18. The minimum Gasteiger partial charge on any atom is -0.471 e. The Morgan fingerprint density at radius 2 is 1.96 bits per heavy atom. The van der Waals surface area contributed by atoms with E-state index in [1.807, 2.05) is 18.2 Å². The Kier molecular flexibility index (Phi) is 4.67. The molecule has 1 aliphatic heterocycles. The van der Waals surface area contributed by atoms with Gasteiger partial charge in [-0.25, -0.2) is 4.98 Å². The van der Waals surface area contributed by atoms with E-state index in [0.29, 0.717) is 24.7 Å². The van der Waals surface area contributed by atoms with E-state index in [2.05, 4.69) is 18.2 Å². The van der Waals surface area contributed by atoms with Gasteiger partial charge in [0.15, 0.2) is 0 Å². The van der Waals surface area contributed by atoms with Crippen LogP contribution in [0.15, 0.2) is 30.3 Å². The summed E-state index contributed by atoms with van der Waals surface area (Å²) in [5.41, 5.74) is 4.99. The standard InChI is InChI=1S/C21H22N2O2/c22-13-18-20(15-7-3-1-4-8-15)17-9-5-2-6-10-19(17)23-21(18)25-16-11-12-24-14-16/h1,3-4,7-8,16H,2,5-6,9-12,14H2/t16-/m0/s1. The molecule has 0 spiro atoms. The maximum atomic E-state index is 9.91. The van der Waals surface area contributed by atoms with E-state index in [1.54, 1.807) is 0 Å². The van der Waals surface area contributed by atoms with Gasteiger partial charge in [0.05, 0.1) is 13.2 Å². The number of benzene rings is 1. The Hall–Kier alpha value is -2.38. The van der Waals surface area contributed by atoms with Crippen molar-refractivity contribution in [3.63, 3.8) is 0 Å². The fourth-order valence-electron chi connectivity index (χ4n) is 3.77. The molecule has 128 valence electrons. The highest BCUT2D eigenvalue weighted by Gasteiger charge is 2.26. The smallest absolute Gasteiger partial charge is 0.232 e. The van der Waals surface area contributed by atoms with Crippen LogP contribution in [0.25, 0.3) is 11.1 Å². The number of fused-ring (bicyclic) bond motifs is 1. The average Bonchev–Trinajstić information content (AvgIpc) is 3.05. The summed E-state index contributed by atoms with van der Waals surface area (Å²) in [4.78, 5) is 4.79. The highest BCUT2D eigenvalue weighted by atomic mass is 16.5. The average molecular weight is 334 g/mol. The maximum Gasteiger partial charge on any atom is 0.232 e. The molecule has 0 unspecified atom stereocenters. The molecule has 1 atom stereocenters. The lowest BCUT2D eigenvalue weighted by Gasteiger charge is -2.19. The Balaban J connectivity index is 1.88. The number of ether oxygens (including phenoxy) is 2. The molecule has 4 rings (SSSR count). The van der Waals surface area contributed by atoms with E-state index in [1.165, 1.54) is 12.0 Å². The fourth-order valence-corrected chi connectivity index (χ4v) is 3.77. The Morgan fingerprint density at radius 3 is 2.72 bits per heavy atom. The molecule has 0 saturated carbocycles. The zero-order valence-corrected chi connectivity index (χ0v) is 14.3. The van der Waals surface area contributed by atoms with Gasteiger partial charge in [-0.05, 0) is 36.8 Å². The van der Waals surface area contributed by atoms with E-state index in [-0.39, 0.29) is 6.10 Å². The summed E-state index contributed by atoms with van der Waals surface area (Å²) in [6.07, 6.45) is 6.28. The highest BCUT2D eigenvalue weighted by molar-refractivity contribution is 5.77. The number of nitrogens with zero attached hydrogens (tertiary/aromatic N) is 2. The van der Waals surface area contributed by atoms with E-state index in [9.17, 15) is 5.26 Å². The van der Waals surface area contributed by atoms with Crippen LogP contribution >= 0.6 is 0 Å². The number of nitriles is 1. The second kappa shape index (κ2) is 7.25. The third kappa shape index (κ3) is 3.25. The SMILES string of the molecule is N#Cc1c(O[C@H]2CCOC2)nc2c(c1-c1ccccc1)CCCCC2. The van der Waals surface area contributed by atoms with Crippen LogP contribution in [0.2, 0.25) is 0 Å². The van der Waals surface area contributed by atoms with Crippen LogP contribution in [0.3, 0.4) is 0 Å². The van der Waals surface area contributed by atoms with Crippen molar-refractivity contribution in [1.29, 1.82) is 5.26 Å². The first-order valence-electron chi connectivity index (χ1n) is 9.12. The summed E-state index contributed by atoms with van der Waals surface area (Å²) in [5.74, 6) is 0.484. The zero-order chi connectivity index (χ0) is 17.1. The molecule has 1 aromatic carbocycles. The molecule has 2 heterocycles. The molecule has 0 radical (unpaired) electrons. The fraction of sp³-hybridized carbons (Fsp3) is 0.429. The van der Waals surface area contributed by atoms with Crippen LogP contribution in [-0.4, -0.2) is 24.3 Å². The summed E-state index contributed by atoms with van der Waals surface area (Å²) in [7, 11) is 0. The Labute approximate surface area is 148 Å². The first-order valence-corrected chi connectivity index (χ1v) is 9.12. The van der Waals surface area contributed by atoms with Crippen LogP contribution in [0.4, 0.5) is 0 Å². The normalized spacial score (nSPS) is 19.7. The number of hydrogen-bond donors (Lipinski definition) is 0. The molecule has 0 N–H and O–H groups in total. The minimum absolute atomic E-state index is 0.00736. The van der Waals surface area contributed by atoms with Crippen molar-refractivity contribution >= 4 is 0 Å². The van der Waals surface area contributed by atoms with Crippen molar-refractivity contribution in [1.82, 2.24) is 4.98 Å². The van der Waals surface area contributed by atoms with Crippen LogP contribution < -0.4 is 4.74 Å². The van der Waals surface area contributed by atoms with E-state index in [4.69, 9.17) is 14.5 Å². The molecule has 4 heteroatoms. The molecule has 1 saturated heterocycles. The predicted molar refractivity (Wildman–Crippen MR) is 95.5 cm³/mol. The van der Waals surface area contributed by atoms with Gasteiger partial charge < -0.3 is 9.47 Å². The first-order chi connectivity index (χ1) is 12.4. The highest BCUT2D eigenvalue weighted by Crippen LogP contribution is 2.37. The second-order valence-corrected chi connectivity index (χ2v) is 6.73. The third-order valence-corrected chi connectivity index (χ3v) is 5.03. The van der Waals surface area contributed by atoms with Gasteiger partial charge in [-0.2, -0.15) is 5.26 Å². The van der Waals surface area contributed by atoms with E-state index >= 15 is 0 Å². The Bertz CT molecular complexity index is 790. The first kappa shape index (κ1) is 16.1. The second-order valence-electron chi connectivity index (χ2n) is 6.73. The van der Waals surface area contributed by atoms with Crippen molar-refractivity contribution in [2.45, 2.75) is 44.6 Å². The van der Waals surface area contributed by atoms with Crippen molar-refractivity contribution in [3.8, 4) is 23.1 Å². The van der Waals surface area contributed by atoms with Crippen molar-refractivity contribution in [2.75, 3.05) is 13.2 Å². The third-order valence-electron chi connectivity index (χ3n) is 5.03. The predicted octanol–water partition coefficient (Wildman–Crippen LogP) is 4.06. The summed E-state index contributed by atoms with van der Waals surface area (Å²) >= 11 is 0. The molecular formula is C21H22N2O2. The number of aryl methyl sites for hydroxylation is 1. The zero-order valence-electron chi connectivity index (χ0n) is 14.3. The largest absolute Gasteiger partial charge is 0.471 e. The minimum atomic E-state index is -0.00736. The van der Waals surface area contributed by atoms with Crippen molar-refractivity contribution in [2.24, 2.45) is 0 Å². The molecular weight excluding hydrogens is 312 g/mol. The molecule has 2 aliphatic rings.